The van der Waals surface area contributed by atoms with E-state index in [9.17, 15) is 0 Å². The van der Waals surface area contributed by atoms with Gasteiger partial charge in [0.1, 0.15) is 0 Å². The quantitative estimate of drug-likeness (QED) is 0.472. The van der Waals surface area contributed by atoms with Gasteiger partial charge in [-0.25, -0.2) is 0 Å². The second kappa shape index (κ2) is 10.3. The molecule has 0 spiro atoms. The zero-order valence-electron chi connectivity index (χ0n) is 18.8. The molecule has 1 saturated carbocycles. The van der Waals surface area contributed by atoms with Crippen molar-refractivity contribution < 1.29 is 14.2 Å². The molecular weight excluding hydrogens is 426 g/mol. The minimum Gasteiger partial charge on any atom is -0.493 e. The van der Waals surface area contributed by atoms with Crippen LogP contribution in [0.3, 0.4) is 0 Å². The van der Waals surface area contributed by atoms with Crippen LogP contribution in [0.4, 0.5) is 5.69 Å². The number of pyridine rings is 1. The summed E-state index contributed by atoms with van der Waals surface area (Å²) in [5.41, 5.74) is 3.16. The van der Waals surface area contributed by atoms with Gasteiger partial charge in [0, 0.05) is 40.9 Å². The summed E-state index contributed by atoms with van der Waals surface area (Å²) < 4.78 is 16.3. The summed E-state index contributed by atoms with van der Waals surface area (Å²) in [5.74, 6) is 1.99. The highest BCUT2D eigenvalue weighted by Gasteiger charge is 2.22. The summed E-state index contributed by atoms with van der Waals surface area (Å²) in [6.45, 7) is 0.759. The van der Waals surface area contributed by atoms with E-state index in [0.717, 1.165) is 54.4 Å². The van der Waals surface area contributed by atoms with Gasteiger partial charge in [0.2, 0.25) is 5.75 Å². The number of ether oxygens (including phenoxy) is 3. The van der Waals surface area contributed by atoms with Crippen LogP contribution in [0.25, 0.3) is 10.9 Å². The predicted molar refractivity (Wildman–Crippen MR) is 129 cm³/mol. The lowest BCUT2D eigenvalue weighted by atomic mass is 9.90. The van der Waals surface area contributed by atoms with Gasteiger partial charge in [0.05, 0.1) is 26.8 Å². The summed E-state index contributed by atoms with van der Waals surface area (Å²) in [5, 5.41) is 9.24. The molecule has 1 aliphatic carbocycles. The molecule has 1 aromatic heterocycles. The van der Waals surface area contributed by atoms with Crippen LogP contribution in [0.15, 0.2) is 42.6 Å². The fourth-order valence-electron chi connectivity index (χ4n) is 4.41. The summed E-state index contributed by atoms with van der Waals surface area (Å²) in [6, 6.07) is 12.9. The lowest BCUT2D eigenvalue weighted by Gasteiger charge is -2.31. The van der Waals surface area contributed by atoms with Gasteiger partial charge in [-0.05, 0) is 67.6 Å². The second-order valence-corrected chi connectivity index (χ2v) is 8.56. The molecule has 0 amide bonds. The minimum atomic E-state index is 0.454. The Kier molecular flexibility index (Phi) is 7.22. The Balaban J connectivity index is 1.33. The average molecular weight is 456 g/mol. The fourth-order valence-corrected chi connectivity index (χ4v) is 4.57. The van der Waals surface area contributed by atoms with Gasteiger partial charge in [-0.1, -0.05) is 11.6 Å². The molecule has 0 bridgehead atoms. The Morgan fingerprint density at radius 1 is 0.906 bits per heavy atom. The smallest absolute Gasteiger partial charge is 0.203 e. The highest BCUT2D eigenvalue weighted by Crippen LogP contribution is 2.38. The number of aromatic nitrogens is 1. The Morgan fingerprint density at radius 2 is 1.59 bits per heavy atom. The Hall–Kier alpha value is -2.70. The zero-order valence-corrected chi connectivity index (χ0v) is 19.5. The van der Waals surface area contributed by atoms with Crippen LogP contribution < -0.4 is 24.8 Å². The van der Waals surface area contributed by atoms with Crippen LogP contribution >= 0.6 is 11.6 Å². The highest BCUT2D eigenvalue weighted by molar-refractivity contribution is 6.31. The summed E-state index contributed by atoms with van der Waals surface area (Å²) in [4.78, 5) is 4.44. The number of methoxy groups -OCH3 is 3. The molecule has 0 unspecified atom stereocenters. The summed E-state index contributed by atoms with van der Waals surface area (Å²) in [7, 11) is 4.90. The van der Waals surface area contributed by atoms with E-state index in [1.54, 1.807) is 21.3 Å². The first kappa shape index (κ1) is 22.5. The molecule has 2 N–H and O–H groups in total. The molecule has 2 aromatic carbocycles. The Bertz CT molecular complexity index is 1040. The van der Waals surface area contributed by atoms with Gasteiger partial charge in [-0.15, -0.1) is 0 Å². The number of fused-ring (bicyclic) bond motifs is 1. The van der Waals surface area contributed by atoms with Crippen molar-refractivity contribution in [3.05, 3.63) is 53.2 Å². The third kappa shape index (κ3) is 5.03. The molecule has 32 heavy (non-hydrogen) atoms. The molecule has 170 valence electrons. The van der Waals surface area contributed by atoms with E-state index in [1.807, 2.05) is 42.6 Å². The molecule has 4 rings (SSSR count). The summed E-state index contributed by atoms with van der Waals surface area (Å²) in [6.07, 6.45) is 6.31. The second-order valence-electron chi connectivity index (χ2n) is 8.13. The van der Waals surface area contributed by atoms with Crippen molar-refractivity contribution in [2.75, 3.05) is 26.6 Å². The first-order chi connectivity index (χ1) is 15.6. The van der Waals surface area contributed by atoms with E-state index in [0.29, 0.717) is 34.4 Å². The van der Waals surface area contributed by atoms with Crippen LogP contribution in [0, 0.1) is 0 Å². The van der Waals surface area contributed by atoms with Crippen molar-refractivity contribution in [2.24, 2.45) is 0 Å². The third-order valence-corrected chi connectivity index (χ3v) is 6.35. The van der Waals surface area contributed by atoms with Crippen LogP contribution in [0.1, 0.15) is 31.2 Å². The van der Waals surface area contributed by atoms with E-state index in [-0.39, 0.29) is 0 Å². The monoisotopic (exact) mass is 455 g/mol. The van der Waals surface area contributed by atoms with E-state index in [2.05, 4.69) is 15.6 Å². The van der Waals surface area contributed by atoms with Gasteiger partial charge in [0.15, 0.2) is 11.5 Å². The number of hydrogen-bond donors (Lipinski definition) is 2. The number of nitrogens with one attached hydrogen (secondary N) is 2. The number of nitrogens with zero attached hydrogens (tertiary/aromatic N) is 1. The molecule has 0 aliphatic heterocycles. The molecule has 1 fully saturated rings. The topological polar surface area (TPSA) is 64.6 Å². The molecule has 3 aromatic rings. The molecule has 1 aliphatic rings. The molecule has 0 saturated heterocycles. The maximum atomic E-state index is 6.11. The number of rotatable bonds is 8. The normalized spacial score (nSPS) is 18.4. The first-order valence-corrected chi connectivity index (χ1v) is 11.3. The molecule has 7 heteroatoms. The zero-order chi connectivity index (χ0) is 22.5. The first-order valence-electron chi connectivity index (χ1n) is 10.9. The third-order valence-electron chi connectivity index (χ3n) is 6.11. The number of halogens is 1. The van der Waals surface area contributed by atoms with Crippen molar-refractivity contribution in [2.45, 2.75) is 44.3 Å². The van der Waals surface area contributed by atoms with Crippen molar-refractivity contribution in [1.29, 1.82) is 0 Å². The number of hydrogen-bond acceptors (Lipinski definition) is 6. The van der Waals surface area contributed by atoms with Crippen LogP contribution in [0.5, 0.6) is 17.2 Å². The van der Waals surface area contributed by atoms with Crippen LogP contribution in [-0.4, -0.2) is 38.4 Å². The minimum absolute atomic E-state index is 0.454. The van der Waals surface area contributed by atoms with Crippen LogP contribution in [-0.2, 0) is 6.54 Å². The van der Waals surface area contributed by atoms with Crippen molar-refractivity contribution in [1.82, 2.24) is 10.3 Å². The van der Waals surface area contributed by atoms with Gasteiger partial charge in [-0.3, -0.25) is 4.98 Å². The van der Waals surface area contributed by atoms with E-state index >= 15 is 0 Å². The van der Waals surface area contributed by atoms with Crippen molar-refractivity contribution >= 4 is 28.2 Å². The lowest BCUT2D eigenvalue weighted by Crippen LogP contribution is -2.36. The van der Waals surface area contributed by atoms with Gasteiger partial charge in [0.25, 0.3) is 0 Å². The molecular formula is C25H30ClN3O3. The average Bonchev–Trinajstić information content (AvgIpc) is 2.82. The maximum Gasteiger partial charge on any atom is 0.203 e. The molecule has 0 radical (unpaired) electrons. The molecule has 6 nitrogen and oxygen atoms in total. The molecule has 0 atom stereocenters. The maximum absolute atomic E-state index is 6.11. The van der Waals surface area contributed by atoms with Crippen molar-refractivity contribution in [3.63, 3.8) is 0 Å². The van der Waals surface area contributed by atoms with E-state index in [1.165, 1.54) is 0 Å². The number of anilines is 1. The largest absolute Gasteiger partial charge is 0.493 e. The fraction of sp³-hybridized carbons (Fsp3) is 0.400. The highest BCUT2D eigenvalue weighted by atomic mass is 35.5. The van der Waals surface area contributed by atoms with Crippen molar-refractivity contribution in [3.8, 4) is 17.2 Å². The number of benzene rings is 2. The Labute approximate surface area is 194 Å². The molecule has 1 heterocycles. The van der Waals surface area contributed by atoms with E-state index in [4.69, 9.17) is 25.8 Å². The standard InChI is InChI=1S/C25H30ClN3O3/c1-30-23-12-16(13-24(31-2)25(23)32-3)15-28-18-5-7-19(8-6-18)29-21-10-11-27-22-14-17(26)4-9-20(21)22/h4,9-14,18-19,28H,5-8,15H2,1-3H3,(H,27,29)/t18-,19+. The van der Waals surface area contributed by atoms with Gasteiger partial charge >= 0.3 is 0 Å². The van der Waals surface area contributed by atoms with E-state index < -0.39 is 0 Å². The SMILES string of the molecule is COc1cc(CN[C@H]2CC[C@@H](Nc3ccnc4cc(Cl)ccc34)CC2)cc(OC)c1OC. The predicted octanol–water partition coefficient (Wildman–Crippen LogP) is 5.43. The summed E-state index contributed by atoms with van der Waals surface area (Å²) >= 11 is 6.11. The lowest BCUT2D eigenvalue weighted by molar-refractivity contribution is 0.322. The van der Waals surface area contributed by atoms with Gasteiger partial charge < -0.3 is 24.8 Å². The van der Waals surface area contributed by atoms with Crippen LogP contribution in [0.2, 0.25) is 5.02 Å². The Morgan fingerprint density at radius 3 is 2.25 bits per heavy atom. The van der Waals surface area contributed by atoms with Gasteiger partial charge in [-0.2, -0.15) is 0 Å².